The highest BCUT2D eigenvalue weighted by molar-refractivity contribution is 5.99. The Morgan fingerprint density at radius 1 is 1.47 bits per heavy atom. The van der Waals surface area contributed by atoms with Gasteiger partial charge in [0.1, 0.15) is 0 Å². The minimum Gasteiger partial charge on any atom is -0.402 e. The molecule has 1 aliphatic heterocycles. The van der Waals surface area contributed by atoms with E-state index in [0.717, 1.165) is 49.5 Å². The lowest BCUT2D eigenvalue weighted by atomic mass is 9.95. The molecule has 0 saturated heterocycles. The van der Waals surface area contributed by atoms with Gasteiger partial charge in [0.25, 0.3) is 0 Å². The van der Waals surface area contributed by atoms with Crippen LogP contribution in [0.3, 0.4) is 0 Å². The zero-order valence-electron chi connectivity index (χ0n) is 10.1. The number of nitrogens with two attached hydrogens (primary N) is 1. The molecule has 1 heterocycles. The molecule has 1 rings (SSSR count). The molecule has 3 heteroatoms. The maximum absolute atomic E-state index is 8.03. The van der Waals surface area contributed by atoms with E-state index in [1.807, 2.05) is 0 Å². The Morgan fingerprint density at radius 3 is 2.60 bits per heavy atom. The molecule has 0 amide bonds. The topological polar surface area (TPSA) is 53.1 Å². The van der Waals surface area contributed by atoms with Crippen LogP contribution in [0.25, 0.3) is 0 Å². The van der Waals surface area contributed by atoms with Gasteiger partial charge in [-0.25, -0.2) is 0 Å². The molecule has 1 aliphatic rings. The van der Waals surface area contributed by atoms with Crippen LogP contribution in [0.4, 0.5) is 0 Å². The molecule has 0 radical (unpaired) electrons. The summed E-state index contributed by atoms with van der Waals surface area (Å²) in [6, 6.07) is 0. The summed E-state index contributed by atoms with van der Waals surface area (Å²) in [5, 5.41) is 8.03. The Balaban J connectivity index is 0.00000225. The van der Waals surface area contributed by atoms with Crippen molar-refractivity contribution >= 4 is 5.71 Å². The van der Waals surface area contributed by atoms with E-state index < -0.39 is 0 Å². The Labute approximate surface area is 94.3 Å². The second kappa shape index (κ2) is 5.31. The molecule has 0 fully saturated rings. The van der Waals surface area contributed by atoms with Crippen LogP contribution in [-0.2, 0) is 0 Å². The average molecular weight is 211 g/mol. The molecular weight excluding hydrogens is 186 g/mol. The summed E-state index contributed by atoms with van der Waals surface area (Å²) in [5.74, 6) is 0.284. The lowest BCUT2D eigenvalue weighted by Crippen LogP contribution is -2.24. The summed E-state index contributed by atoms with van der Waals surface area (Å²) in [5.41, 5.74) is 8.81. The second-order valence-electron chi connectivity index (χ2n) is 4.51. The lowest BCUT2D eigenvalue weighted by molar-refractivity contribution is 0.303. The molecule has 0 aromatic heterocycles. The van der Waals surface area contributed by atoms with Crippen LogP contribution in [-0.4, -0.2) is 30.2 Å². The zero-order chi connectivity index (χ0) is 11.4. The van der Waals surface area contributed by atoms with Gasteiger partial charge in [-0.15, -0.1) is 0 Å². The van der Waals surface area contributed by atoms with Gasteiger partial charge in [0.15, 0.2) is 0 Å². The first-order valence-corrected chi connectivity index (χ1v) is 5.84. The van der Waals surface area contributed by atoms with E-state index in [1.54, 1.807) is 0 Å². The Bertz CT molecular complexity index is 271. The summed E-state index contributed by atoms with van der Waals surface area (Å²) in [6.07, 6.45) is 1.86. The number of nitrogens with zero attached hydrogens (tertiary/aromatic N) is 1. The minimum atomic E-state index is 0. The van der Waals surface area contributed by atoms with Crippen molar-refractivity contribution in [2.75, 3.05) is 19.6 Å². The van der Waals surface area contributed by atoms with Gasteiger partial charge in [0.05, 0.1) is 0 Å². The first-order chi connectivity index (χ1) is 7.06. The van der Waals surface area contributed by atoms with Gasteiger partial charge in [0, 0.05) is 25.9 Å². The predicted octanol–water partition coefficient (Wildman–Crippen LogP) is 2.24. The van der Waals surface area contributed by atoms with Crippen LogP contribution in [0.15, 0.2) is 11.3 Å². The van der Waals surface area contributed by atoms with Gasteiger partial charge in [-0.3, -0.25) is 0 Å². The van der Waals surface area contributed by atoms with E-state index >= 15 is 0 Å². The second-order valence-corrected chi connectivity index (χ2v) is 4.51. The summed E-state index contributed by atoms with van der Waals surface area (Å²) in [7, 11) is 0. The van der Waals surface area contributed by atoms with Crippen molar-refractivity contribution in [1.82, 2.24) is 4.90 Å². The fraction of sp³-hybridized carbons (Fsp3) is 0.750. The normalized spacial score (nSPS) is 19.5. The third-order valence-corrected chi connectivity index (χ3v) is 3.11. The van der Waals surface area contributed by atoms with Crippen molar-refractivity contribution in [3.8, 4) is 0 Å². The molecule has 0 unspecified atom stereocenters. The molecule has 3 nitrogen and oxygen atoms in total. The number of hydrogen-bond acceptors (Lipinski definition) is 3. The van der Waals surface area contributed by atoms with Gasteiger partial charge in [-0.2, -0.15) is 0 Å². The molecule has 88 valence electrons. The number of rotatable bonds is 3. The van der Waals surface area contributed by atoms with E-state index in [4.69, 9.17) is 11.1 Å². The Kier molecular flexibility index (Phi) is 4.33. The molecule has 0 aromatic rings. The first-order valence-electron chi connectivity index (χ1n) is 5.84. The van der Waals surface area contributed by atoms with Crippen LogP contribution in [0.5, 0.6) is 0 Å². The van der Waals surface area contributed by atoms with Crippen molar-refractivity contribution in [1.29, 1.82) is 5.41 Å². The standard InChI is InChI=1S/C12H23N3.H2/c1-4-15-7-5-10(11(13)6-8-15)12(14)9(2)3;/h9,14H,4-8,13H2,1-3H3;1H. The van der Waals surface area contributed by atoms with Crippen LogP contribution in [0.1, 0.15) is 35.0 Å². The first kappa shape index (κ1) is 12.2. The fourth-order valence-corrected chi connectivity index (χ4v) is 1.94. The van der Waals surface area contributed by atoms with E-state index in [0.29, 0.717) is 0 Å². The SMILES string of the molecule is CCN1CCC(N)=C(C(=N)C(C)C)CC1.[HH]. The highest BCUT2D eigenvalue weighted by atomic mass is 15.1. The highest BCUT2D eigenvalue weighted by Crippen LogP contribution is 2.19. The van der Waals surface area contributed by atoms with Crippen LogP contribution >= 0.6 is 0 Å². The number of hydrogen-bond donors (Lipinski definition) is 2. The van der Waals surface area contributed by atoms with E-state index in [1.165, 1.54) is 0 Å². The van der Waals surface area contributed by atoms with Gasteiger partial charge in [-0.05, 0) is 30.9 Å². The zero-order valence-corrected chi connectivity index (χ0v) is 10.1. The fourth-order valence-electron chi connectivity index (χ4n) is 1.94. The van der Waals surface area contributed by atoms with Gasteiger partial charge in [-0.1, -0.05) is 20.8 Å². The molecule has 0 aromatic carbocycles. The summed E-state index contributed by atoms with van der Waals surface area (Å²) in [6.45, 7) is 9.46. The monoisotopic (exact) mass is 211 g/mol. The summed E-state index contributed by atoms with van der Waals surface area (Å²) < 4.78 is 0. The highest BCUT2D eigenvalue weighted by Gasteiger charge is 2.18. The third-order valence-electron chi connectivity index (χ3n) is 3.11. The maximum atomic E-state index is 8.03. The van der Waals surface area contributed by atoms with E-state index in [-0.39, 0.29) is 7.34 Å². The van der Waals surface area contributed by atoms with Crippen molar-refractivity contribution in [3.63, 3.8) is 0 Å². The quantitative estimate of drug-likeness (QED) is 0.703. The van der Waals surface area contributed by atoms with Crippen molar-refractivity contribution in [3.05, 3.63) is 11.3 Å². The molecule has 15 heavy (non-hydrogen) atoms. The smallest absolute Gasteiger partial charge is 0.0388 e. The molecule has 0 atom stereocenters. The van der Waals surface area contributed by atoms with Crippen LogP contribution in [0, 0.1) is 11.3 Å². The van der Waals surface area contributed by atoms with Crippen molar-refractivity contribution in [2.24, 2.45) is 11.7 Å². The lowest BCUT2D eigenvalue weighted by Gasteiger charge is -2.17. The van der Waals surface area contributed by atoms with Gasteiger partial charge in [0.2, 0.25) is 0 Å². The van der Waals surface area contributed by atoms with E-state index in [2.05, 4.69) is 25.7 Å². The summed E-state index contributed by atoms with van der Waals surface area (Å²) in [4.78, 5) is 2.40. The largest absolute Gasteiger partial charge is 0.402 e. The molecular formula is C12H25N3. The Morgan fingerprint density at radius 2 is 2.07 bits per heavy atom. The number of nitrogens with one attached hydrogen (secondary N) is 1. The molecule has 0 saturated carbocycles. The molecule has 3 N–H and O–H groups in total. The third kappa shape index (κ3) is 3.06. The molecule has 0 aliphatic carbocycles. The summed E-state index contributed by atoms with van der Waals surface area (Å²) >= 11 is 0. The molecule has 0 spiro atoms. The minimum absolute atomic E-state index is 0. The van der Waals surface area contributed by atoms with Crippen LogP contribution in [0.2, 0.25) is 0 Å². The van der Waals surface area contributed by atoms with Gasteiger partial charge < -0.3 is 16.0 Å². The Hall–Kier alpha value is -0.830. The van der Waals surface area contributed by atoms with Crippen LogP contribution < -0.4 is 5.73 Å². The van der Waals surface area contributed by atoms with Crippen molar-refractivity contribution < 1.29 is 1.43 Å². The van der Waals surface area contributed by atoms with E-state index in [9.17, 15) is 0 Å². The van der Waals surface area contributed by atoms with Crippen molar-refractivity contribution in [2.45, 2.75) is 33.6 Å². The van der Waals surface area contributed by atoms with Gasteiger partial charge >= 0.3 is 0 Å². The maximum Gasteiger partial charge on any atom is 0.0388 e. The average Bonchev–Trinajstić information content (AvgIpc) is 2.39. The predicted molar refractivity (Wildman–Crippen MR) is 67.2 cm³/mol. The molecule has 0 bridgehead atoms.